The van der Waals surface area contributed by atoms with E-state index in [0.29, 0.717) is 12.5 Å². The third kappa shape index (κ3) is 6.81. The second kappa shape index (κ2) is 6.47. The van der Waals surface area contributed by atoms with E-state index < -0.39 is 11.5 Å². The number of nitrogens with one attached hydrogen (secondary N) is 1. The summed E-state index contributed by atoms with van der Waals surface area (Å²) < 4.78 is 0. The van der Waals surface area contributed by atoms with E-state index in [1.807, 2.05) is 20.8 Å². The van der Waals surface area contributed by atoms with Crippen LogP contribution < -0.4 is 5.32 Å². The van der Waals surface area contributed by atoms with Crippen LogP contribution in [-0.4, -0.2) is 40.6 Å². The zero-order valence-corrected chi connectivity index (χ0v) is 11.4. The molecule has 0 saturated carbocycles. The number of carbonyl (C=O) groups is 2. The molecule has 0 heterocycles. The topological polar surface area (TPSA) is 69.6 Å². The second-order valence-electron chi connectivity index (χ2n) is 5.57. The lowest BCUT2D eigenvalue weighted by Gasteiger charge is -2.34. The molecule has 0 aromatic rings. The zero-order valence-electron chi connectivity index (χ0n) is 11.4. The fraction of sp³-hybridized carbons (Fsp3) is 0.833. The third-order valence-corrected chi connectivity index (χ3v) is 2.35. The smallest absolute Gasteiger partial charge is 0.323 e. The maximum atomic E-state index is 11.9. The van der Waals surface area contributed by atoms with Gasteiger partial charge in [-0.05, 0) is 33.1 Å². The number of nitrogens with zero attached hydrogens (tertiary/aromatic N) is 1. The molecule has 0 bridgehead atoms. The van der Waals surface area contributed by atoms with Crippen molar-refractivity contribution >= 4 is 12.0 Å². The number of carboxylic acid groups (broad SMARTS) is 1. The van der Waals surface area contributed by atoms with Crippen molar-refractivity contribution in [1.29, 1.82) is 0 Å². The standard InChI is InChI=1S/C12H24N2O3/c1-9(2)6-7-13-11(17)14(8-10(15)16)12(3,4)5/h9H,6-8H2,1-5H3,(H,13,17)(H,15,16). The Balaban J connectivity index is 4.39. The molecule has 0 aliphatic heterocycles. The number of amides is 2. The molecule has 0 aliphatic rings. The molecule has 5 heteroatoms. The van der Waals surface area contributed by atoms with Gasteiger partial charge < -0.3 is 15.3 Å². The monoisotopic (exact) mass is 244 g/mol. The Morgan fingerprint density at radius 1 is 1.29 bits per heavy atom. The van der Waals surface area contributed by atoms with Crippen LogP contribution in [0.3, 0.4) is 0 Å². The van der Waals surface area contributed by atoms with Crippen LogP contribution in [0.1, 0.15) is 41.0 Å². The van der Waals surface area contributed by atoms with Crippen LogP contribution in [0.2, 0.25) is 0 Å². The molecule has 0 aromatic heterocycles. The van der Waals surface area contributed by atoms with Gasteiger partial charge in [0, 0.05) is 12.1 Å². The quantitative estimate of drug-likeness (QED) is 0.776. The minimum atomic E-state index is -1.00. The molecule has 0 aromatic carbocycles. The van der Waals surface area contributed by atoms with E-state index in [9.17, 15) is 9.59 Å². The van der Waals surface area contributed by atoms with Gasteiger partial charge in [0.2, 0.25) is 0 Å². The van der Waals surface area contributed by atoms with E-state index in [1.54, 1.807) is 0 Å². The van der Waals surface area contributed by atoms with Gasteiger partial charge in [-0.1, -0.05) is 13.8 Å². The predicted molar refractivity (Wildman–Crippen MR) is 66.9 cm³/mol. The zero-order chi connectivity index (χ0) is 13.6. The normalized spacial score (nSPS) is 11.4. The molecule has 100 valence electrons. The molecule has 5 nitrogen and oxygen atoms in total. The number of aliphatic carboxylic acids is 1. The van der Waals surface area contributed by atoms with Crippen LogP contribution in [-0.2, 0) is 4.79 Å². The highest BCUT2D eigenvalue weighted by molar-refractivity contribution is 5.80. The van der Waals surface area contributed by atoms with Gasteiger partial charge >= 0.3 is 12.0 Å². The first-order valence-corrected chi connectivity index (χ1v) is 5.92. The first kappa shape index (κ1) is 15.7. The summed E-state index contributed by atoms with van der Waals surface area (Å²) in [5, 5.41) is 11.5. The Kier molecular flexibility index (Phi) is 5.99. The van der Waals surface area contributed by atoms with Crippen LogP contribution in [0.4, 0.5) is 4.79 Å². The molecule has 0 radical (unpaired) electrons. The van der Waals surface area contributed by atoms with Crippen LogP contribution in [0.25, 0.3) is 0 Å². The van der Waals surface area contributed by atoms with Crippen molar-refractivity contribution in [3.8, 4) is 0 Å². The number of rotatable bonds is 5. The molecule has 0 unspecified atom stereocenters. The molecule has 2 amide bonds. The first-order chi connectivity index (χ1) is 7.64. The summed E-state index contributed by atoms with van der Waals surface area (Å²) in [5.74, 6) is -0.489. The molecule has 2 N–H and O–H groups in total. The predicted octanol–water partition coefficient (Wildman–Crippen LogP) is 1.93. The Bertz CT molecular complexity index is 269. The van der Waals surface area contributed by atoms with Crippen LogP contribution in [0, 0.1) is 5.92 Å². The molecule has 0 spiro atoms. The number of carboxylic acids is 1. The first-order valence-electron chi connectivity index (χ1n) is 5.92. The molecular formula is C12H24N2O3. The summed E-state index contributed by atoms with van der Waals surface area (Å²) in [4.78, 5) is 23.9. The summed E-state index contributed by atoms with van der Waals surface area (Å²) in [7, 11) is 0. The van der Waals surface area contributed by atoms with Gasteiger partial charge in [-0.15, -0.1) is 0 Å². The summed E-state index contributed by atoms with van der Waals surface area (Å²) in [6, 6.07) is -0.319. The number of hydrogen-bond acceptors (Lipinski definition) is 2. The van der Waals surface area contributed by atoms with Crippen molar-refractivity contribution in [1.82, 2.24) is 10.2 Å². The van der Waals surface area contributed by atoms with E-state index in [-0.39, 0.29) is 12.6 Å². The van der Waals surface area contributed by atoms with E-state index >= 15 is 0 Å². The number of carbonyl (C=O) groups excluding carboxylic acids is 1. The second-order valence-corrected chi connectivity index (χ2v) is 5.57. The fourth-order valence-corrected chi connectivity index (χ4v) is 1.31. The van der Waals surface area contributed by atoms with Crippen LogP contribution in [0.15, 0.2) is 0 Å². The third-order valence-electron chi connectivity index (χ3n) is 2.35. The summed E-state index contributed by atoms with van der Waals surface area (Å²) in [6.45, 7) is 9.89. The van der Waals surface area contributed by atoms with Crippen molar-refractivity contribution in [3.63, 3.8) is 0 Å². The Morgan fingerprint density at radius 2 is 1.82 bits per heavy atom. The van der Waals surface area contributed by atoms with Gasteiger partial charge in [-0.3, -0.25) is 4.79 Å². The Hall–Kier alpha value is -1.26. The summed E-state index contributed by atoms with van der Waals surface area (Å²) in [5.41, 5.74) is -0.500. The van der Waals surface area contributed by atoms with Crippen molar-refractivity contribution < 1.29 is 14.7 Å². The lowest BCUT2D eigenvalue weighted by Crippen LogP contribution is -2.52. The van der Waals surface area contributed by atoms with Crippen molar-refractivity contribution in [2.45, 2.75) is 46.6 Å². The maximum absolute atomic E-state index is 11.9. The number of hydrogen-bond donors (Lipinski definition) is 2. The lowest BCUT2D eigenvalue weighted by atomic mass is 10.1. The SMILES string of the molecule is CC(C)CCNC(=O)N(CC(=O)O)C(C)(C)C. The molecular weight excluding hydrogens is 220 g/mol. The highest BCUT2D eigenvalue weighted by Gasteiger charge is 2.28. The van der Waals surface area contributed by atoms with E-state index in [1.165, 1.54) is 4.90 Å². The molecule has 0 atom stereocenters. The van der Waals surface area contributed by atoms with Gasteiger partial charge in [-0.2, -0.15) is 0 Å². The van der Waals surface area contributed by atoms with Crippen LogP contribution >= 0.6 is 0 Å². The Morgan fingerprint density at radius 3 is 2.18 bits per heavy atom. The molecule has 0 aliphatic carbocycles. The summed E-state index contributed by atoms with van der Waals surface area (Å²) in [6.07, 6.45) is 0.886. The van der Waals surface area contributed by atoms with Gasteiger partial charge in [0.1, 0.15) is 6.54 Å². The Labute approximate surface area is 103 Å². The average molecular weight is 244 g/mol. The van der Waals surface area contributed by atoms with E-state index in [0.717, 1.165) is 6.42 Å². The van der Waals surface area contributed by atoms with E-state index in [2.05, 4.69) is 19.2 Å². The van der Waals surface area contributed by atoms with Crippen molar-refractivity contribution in [3.05, 3.63) is 0 Å². The molecule has 0 saturated heterocycles. The largest absolute Gasteiger partial charge is 0.480 e. The van der Waals surface area contributed by atoms with E-state index in [4.69, 9.17) is 5.11 Å². The lowest BCUT2D eigenvalue weighted by molar-refractivity contribution is -0.138. The van der Waals surface area contributed by atoms with Crippen molar-refractivity contribution in [2.24, 2.45) is 5.92 Å². The highest BCUT2D eigenvalue weighted by atomic mass is 16.4. The van der Waals surface area contributed by atoms with Crippen molar-refractivity contribution in [2.75, 3.05) is 13.1 Å². The van der Waals surface area contributed by atoms with Gasteiger partial charge in [0.05, 0.1) is 0 Å². The average Bonchev–Trinajstić information content (AvgIpc) is 2.11. The number of urea groups is 1. The minimum absolute atomic E-state index is 0.281. The fourth-order valence-electron chi connectivity index (χ4n) is 1.31. The summed E-state index contributed by atoms with van der Waals surface area (Å²) >= 11 is 0. The van der Waals surface area contributed by atoms with Gasteiger partial charge in [0.15, 0.2) is 0 Å². The van der Waals surface area contributed by atoms with Gasteiger partial charge in [-0.25, -0.2) is 4.79 Å². The molecule has 0 fully saturated rings. The molecule has 17 heavy (non-hydrogen) atoms. The molecule has 0 rings (SSSR count). The highest BCUT2D eigenvalue weighted by Crippen LogP contribution is 2.13. The maximum Gasteiger partial charge on any atom is 0.323 e. The van der Waals surface area contributed by atoms with Gasteiger partial charge in [0.25, 0.3) is 0 Å². The van der Waals surface area contributed by atoms with Crippen LogP contribution in [0.5, 0.6) is 0 Å². The minimum Gasteiger partial charge on any atom is -0.480 e.